The molecule has 0 saturated heterocycles. The number of aromatic amines is 2. The van der Waals surface area contributed by atoms with Crippen LogP contribution in [0.1, 0.15) is 13.8 Å². The standard InChI is InChI=1S/C23H22N6O/c1-13(2)23(30)26-17-7-15(10-25-12-17)14-3-4-20-18(8-14)22(29-28-20)21-9-16-11-24-6-5-19(16)27-21/h3-13,23,26-27,30H,1-2H3,(H,28,29). The lowest BCUT2D eigenvalue weighted by molar-refractivity contribution is 0.153. The number of hydrogen-bond donors (Lipinski definition) is 4. The topological polar surface area (TPSA) is 103 Å². The molecule has 30 heavy (non-hydrogen) atoms. The van der Waals surface area contributed by atoms with E-state index in [0.717, 1.165) is 50.0 Å². The van der Waals surface area contributed by atoms with E-state index in [2.05, 4.69) is 42.6 Å². The lowest BCUT2D eigenvalue weighted by Gasteiger charge is -2.17. The zero-order chi connectivity index (χ0) is 20.7. The van der Waals surface area contributed by atoms with Gasteiger partial charge in [0.15, 0.2) is 0 Å². The second-order valence-corrected chi connectivity index (χ2v) is 7.77. The summed E-state index contributed by atoms with van der Waals surface area (Å²) in [4.78, 5) is 11.9. The molecule has 4 aromatic heterocycles. The van der Waals surface area contributed by atoms with Crippen LogP contribution in [0.4, 0.5) is 5.69 Å². The van der Waals surface area contributed by atoms with Crippen molar-refractivity contribution >= 4 is 27.5 Å². The Hall–Kier alpha value is -3.71. The van der Waals surface area contributed by atoms with E-state index in [-0.39, 0.29) is 5.92 Å². The largest absolute Gasteiger partial charge is 0.374 e. The van der Waals surface area contributed by atoms with Crippen molar-refractivity contribution in [2.24, 2.45) is 5.92 Å². The predicted octanol–water partition coefficient (Wildman–Crippen LogP) is 4.55. The van der Waals surface area contributed by atoms with Crippen LogP contribution in [0.25, 0.3) is 44.3 Å². The summed E-state index contributed by atoms with van der Waals surface area (Å²) >= 11 is 0. The van der Waals surface area contributed by atoms with Crippen LogP contribution < -0.4 is 5.32 Å². The lowest BCUT2D eigenvalue weighted by atomic mass is 10.0. The Bertz CT molecular complexity index is 1300. The zero-order valence-electron chi connectivity index (χ0n) is 16.7. The molecule has 0 aliphatic heterocycles. The maximum atomic E-state index is 10.1. The number of pyridine rings is 2. The number of benzene rings is 1. The Morgan fingerprint density at radius 3 is 2.67 bits per heavy atom. The molecule has 0 bridgehead atoms. The van der Waals surface area contributed by atoms with E-state index in [1.54, 1.807) is 12.4 Å². The molecule has 1 atom stereocenters. The molecule has 7 nitrogen and oxygen atoms in total. The van der Waals surface area contributed by atoms with Gasteiger partial charge in [-0.1, -0.05) is 19.9 Å². The third-order valence-electron chi connectivity index (χ3n) is 5.26. The molecule has 4 heterocycles. The molecule has 4 N–H and O–H groups in total. The highest BCUT2D eigenvalue weighted by atomic mass is 16.3. The van der Waals surface area contributed by atoms with E-state index >= 15 is 0 Å². The third kappa shape index (κ3) is 3.29. The van der Waals surface area contributed by atoms with Crippen LogP contribution in [-0.2, 0) is 0 Å². The smallest absolute Gasteiger partial charge is 0.126 e. The second kappa shape index (κ2) is 7.27. The molecule has 1 aromatic carbocycles. The van der Waals surface area contributed by atoms with Gasteiger partial charge in [-0.15, -0.1) is 0 Å². The summed E-state index contributed by atoms with van der Waals surface area (Å²) < 4.78 is 0. The fraction of sp³-hybridized carbons (Fsp3) is 0.174. The molecule has 0 amide bonds. The molecule has 7 heteroatoms. The molecular formula is C23H22N6O. The first-order valence-electron chi connectivity index (χ1n) is 9.90. The van der Waals surface area contributed by atoms with Gasteiger partial charge in [0.25, 0.3) is 0 Å². The molecule has 1 unspecified atom stereocenters. The Kier molecular flexibility index (Phi) is 4.44. The van der Waals surface area contributed by atoms with E-state index in [1.807, 2.05) is 50.5 Å². The van der Waals surface area contributed by atoms with Crippen LogP contribution >= 0.6 is 0 Å². The fourth-order valence-electron chi connectivity index (χ4n) is 3.51. The number of aliphatic hydroxyl groups excluding tert-OH is 1. The van der Waals surface area contributed by atoms with Crippen molar-refractivity contribution in [3.63, 3.8) is 0 Å². The van der Waals surface area contributed by atoms with Crippen molar-refractivity contribution in [1.82, 2.24) is 25.1 Å². The van der Waals surface area contributed by atoms with Gasteiger partial charge < -0.3 is 15.4 Å². The van der Waals surface area contributed by atoms with Gasteiger partial charge in [-0.3, -0.25) is 15.1 Å². The fourth-order valence-corrected chi connectivity index (χ4v) is 3.51. The van der Waals surface area contributed by atoms with E-state index < -0.39 is 6.23 Å². The summed E-state index contributed by atoms with van der Waals surface area (Å²) in [6.07, 6.45) is 6.53. The summed E-state index contributed by atoms with van der Waals surface area (Å²) in [6.45, 7) is 3.92. The average molecular weight is 398 g/mol. The summed E-state index contributed by atoms with van der Waals surface area (Å²) in [7, 11) is 0. The van der Waals surface area contributed by atoms with Crippen molar-refractivity contribution in [3.8, 4) is 22.5 Å². The van der Waals surface area contributed by atoms with Gasteiger partial charge in [0.2, 0.25) is 0 Å². The highest BCUT2D eigenvalue weighted by Gasteiger charge is 2.13. The monoisotopic (exact) mass is 398 g/mol. The summed E-state index contributed by atoms with van der Waals surface area (Å²) in [5, 5.41) is 22.9. The van der Waals surface area contributed by atoms with Crippen molar-refractivity contribution in [2.45, 2.75) is 20.1 Å². The van der Waals surface area contributed by atoms with Crippen LogP contribution in [0.15, 0.2) is 61.2 Å². The lowest BCUT2D eigenvalue weighted by Crippen LogP contribution is -2.24. The van der Waals surface area contributed by atoms with Gasteiger partial charge in [0.05, 0.1) is 23.1 Å². The first-order valence-corrected chi connectivity index (χ1v) is 9.90. The molecule has 5 rings (SSSR count). The molecule has 0 radical (unpaired) electrons. The SMILES string of the molecule is CC(C)C(O)Nc1cncc(-c2ccc3[nH]nc(-c4cc5cnccc5[nH]4)c3c2)c1. The van der Waals surface area contributed by atoms with Crippen LogP contribution in [0, 0.1) is 5.92 Å². The summed E-state index contributed by atoms with van der Waals surface area (Å²) in [5.74, 6) is 0.102. The van der Waals surface area contributed by atoms with Gasteiger partial charge in [0.1, 0.15) is 11.9 Å². The van der Waals surface area contributed by atoms with E-state index in [0.29, 0.717) is 0 Å². The van der Waals surface area contributed by atoms with Crippen molar-refractivity contribution in [3.05, 3.63) is 61.2 Å². The first kappa shape index (κ1) is 18.3. The molecule has 150 valence electrons. The Morgan fingerprint density at radius 1 is 0.933 bits per heavy atom. The minimum Gasteiger partial charge on any atom is -0.374 e. The van der Waals surface area contributed by atoms with Crippen LogP contribution in [-0.4, -0.2) is 36.5 Å². The van der Waals surface area contributed by atoms with Gasteiger partial charge in [-0.05, 0) is 41.8 Å². The minimum absolute atomic E-state index is 0.102. The molecule has 5 aromatic rings. The third-order valence-corrected chi connectivity index (χ3v) is 5.26. The van der Waals surface area contributed by atoms with Crippen molar-refractivity contribution in [2.75, 3.05) is 5.32 Å². The van der Waals surface area contributed by atoms with E-state index in [1.165, 1.54) is 0 Å². The molecular weight excluding hydrogens is 376 g/mol. The number of nitrogens with zero attached hydrogens (tertiary/aromatic N) is 3. The average Bonchev–Trinajstić information content (AvgIpc) is 3.37. The second-order valence-electron chi connectivity index (χ2n) is 7.77. The number of hydrogen-bond acceptors (Lipinski definition) is 5. The maximum absolute atomic E-state index is 10.1. The number of aromatic nitrogens is 5. The Morgan fingerprint density at radius 2 is 1.83 bits per heavy atom. The highest BCUT2D eigenvalue weighted by Crippen LogP contribution is 2.32. The first-order chi connectivity index (χ1) is 14.6. The quantitative estimate of drug-likeness (QED) is 0.325. The van der Waals surface area contributed by atoms with Gasteiger partial charge >= 0.3 is 0 Å². The van der Waals surface area contributed by atoms with Gasteiger partial charge in [-0.25, -0.2) is 0 Å². The number of H-pyrrole nitrogens is 2. The van der Waals surface area contributed by atoms with Crippen LogP contribution in [0.5, 0.6) is 0 Å². The zero-order valence-corrected chi connectivity index (χ0v) is 16.7. The molecule has 0 aliphatic rings. The summed E-state index contributed by atoms with van der Waals surface area (Å²) in [6, 6.07) is 12.2. The van der Waals surface area contributed by atoms with Gasteiger partial charge in [0, 0.05) is 40.4 Å². The number of aliphatic hydroxyl groups is 1. The minimum atomic E-state index is -0.624. The highest BCUT2D eigenvalue weighted by molar-refractivity contribution is 5.97. The van der Waals surface area contributed by atoms with Crippen molar-refractivity contribution in [1.29, 1.82) is 0 Å². The predicted molar refractivity (Wildman–Crippen MR) is 119 cm³/mol. The Balaban J connectivity index is 1.55. The Labute approximate surface area is 173 Å². The van der Waals surface area contributed by atoms with Crippen molar-refractivity contribution < 1.29 is 5.11 Å². The molecule has 0 aliphatic carbocycles. The number of rotatable bonds is 5. The van der Waals surface area contributed by atoms with E-state index in [4.69, 9.17) is 0 Å². The molecule has 0 fully saturated rings. The van der Waals surface area contributed by atoms with Crippen LogP contribution in [0.3, 0.4) is 0 Å². The maximum Gasteiger partial charge on any atom is 0.126 e. The van der Waals surface area contributed by atoms with Gasteiger partial charge in [-0.2, -0.15) is 5.10 Å². The summed E-state index contributed by atoms with van der Waals surface area (Å²) in [5.41, 5.74) is 6.56. The number of fused-ring (bicyclic) bond motifs is 2. The number of nitrogens with one attached hydrogen (secondary N) is 3. The number of anilines is 1. The molecule has 0 saturated carbocycles. The normalized spacial score (nSPS) is 12.7. The van der Waals surface area contributed by atoms with E-state index in [9.17, 15) is 5.11 Å². The molecule has 0 spiro atoms. The van der Waals surface area contributed by atoms with Crippen LogP contribution in [0.2, 0.25) is 0 Å².